The molecule has 0 saturated heterocycles. The van der Waals surface area contributed by atoms with Crippen molar-refractivity contribution in [1.82, 2.24) is 0 Å². The highest BCUT2D eigenvalue weighted by Crippen LogP contribution is 2.36. The third kappa shape index (κ3) is 3.32. The summed E-state index contributed by atoms with van der Waals surface area (Å²) >= 11 is 1.21. The molecule has 0 aromatic heterocycles. The highest BCUT2D eigenvalue weighted by atomic mass is 32.2. The molecule has 0 fully saturated rings. The lowest BCUT2D eigenvalue weighted by Crippen LogP contribution is -2.14. The van der Waals surface area contributed by atoms with Crippen LogP contribution in [0.15, 0.2) is 57.4 Å². The molecule has 108 valence electrons. The zero-order valence-electron chi connectivity index (χ0n) is 11.2. The van der Waals surface area contributed by atoms with Gasteiger partial charge in [0, 0.05) is 16.5 Å². The van der Waals surface area contributed by atoms with Crippen molar-refractivity contribution in [3.8, 4) is 0 Å². The summed E-state index contributed by atoms with van der Waals surface area (Å²) in [5, 5.41) is 22.9. The number of para-hydroxylation sites is 1. The summed E-state index contributed by atoms with van der Waals surface area (Å²) in [6, 6.07) is 11.9. The van der Waals surface area contributed by atoms with Gasteiger partial charge < -0.3 is 10.9 Å². The summed E-state index contributed by atoms with van der Waals surface area (Å²) in [6.45, 7) is 1.88. The lowest BCUT2D eigenvalue weighted by atomic mass is 10.1. The second kappa shape index (κ2) is 6.27. The Kier molecular flexibility index (Phi) is 4.44. The second-order valence-electron chi connectivity index (χ2n) is 4.31. The number of hydrogen-bond acceptors (Lipinski definition) is 5. The van der Waals surface area contributed by atoms with Gasteiger partial charge in [-0.1, -0.05) is 40.7 Å². The average Bonchev–Trinajstić information content (AvgIpc) is 2.48. The van der Waals surface area contributed by atoms with E-state index in [0.717, 1.165) is 5.56 Å². The Labute approximate surface area is 125 Å². The molecular formula is C14H13N3O3S. The van der Waals surface area contributed by atoms with Gasteiger partial charge in [0.2, 0.25) is 0 Å². The zero-order valence-corrected chi connectivity index (χ0v) is 12.0. The van der Waals surface area contributed by atoms with Gasteiger partial charge in [-0.3, -0.25) is 10.1 Å². The van der Waals surface area contributed by atoms with Crippen LogP contribution in [0.1, 0.15) is 11.1 Å². The Balaban J connectivity index is 2.48. The molecule has 0 radical (unpaired) electrons. The van der Waals surface area contributed by atoms with Crippen LogP contribution in [0.3, 0.4) is 0 Å². The molecule has 0 amide bonds. The largest absolute Gasteiger partial charge is 0.409 e. The molecule has 0 spiro atoms. The van der Waals surface area contributed by atoms with Gasteiger partial charge in [0.05, 0.1) is 9.82 Å². The summed E-state index contributed by atoms with van der Waals surface area (Å²) in [5.41, 5.74) is 7.18. The molecule has 0 atom stereocenters. The zero-order chi connectivity index (χ0) is 15.4. The topological polar surface area (TPSA) is 102 Å². The molecule has 0 aliphatic rings. The molecule has 0 aliphatic carbocycles. The van der Waals surface area contributed by atoms with Crippen molar-refractivity contribution < 1.29 is 10.1 Å². The fourth-order valence-electron chi connectivity index (χ4n) is 1.80. The maximum atomic E-state index is 11.0. The van der Waals surface area contributed by atoms with E-state index < -0.39 is 4.92 Å². The van der Waals surface area contributed by atoms with Crippen LogP contribution in [0.5, 0.6) is 0 Å². The molecular weight excluding hydrogens is 290 g/mol. The average molecular weight is 303 g/mol. The maximum Gasteiger partial charge on any atom is 0.283 e. The van der Waals surface area contributed by atoms with E-state index >= 15 is 0 Å². The number of benzene rings is 2. The first-order chi connectivity index (χ1) is 10.0. The second-order valence-corrected chi connectivity index (χ2v) is 5.40. The van der Waals surface area contributed by atoms with E-state index in [2.05, 4.69) is 5.16 Å². The fraction of sp³-hybridized carbons (Fsp3) is 0.0714. The number of nitrogens with two attached hydrogens (primary N) is 1. The van der Waals surface area contributed by atoms with E-state index in [0.29, 0.717) is 15.4 Å². The first-order valence-corrected chi connectivity index (χ1v) is 6.84. The third-order valence-corrected chi connectivity index (χ3v) is 3.94. The number of rotatable bonds is 4. The van der Waals surface area contributed by atoms with E-state index in [1.54, 1.807) is 30.3 Å². The van der Waals surface area contributed by atoms with Crippen LogP contribution in [0.2, 0.25) is 0 Å². The van der Waals surface area contributed by atoms with Crippen molar-refractivity contribution in [3.05, 3.63) is 63.7 Å². The van der Waals surface area contributed by atoms with E-state index in [1.165, 1.54) is 17.8 Å². The minimum absolute atomic E-state index is 0.0218. The van der Waals surface area contributed by atoms with Crippen LogP contribution < -0.4 is 5.73 Å². The van der Waals surface area contributed by atoms with Crippen molar-refractivity contribution in [1.29, 1.82) is 0 Å². The van der Waals surface area contributed by atoms with Crippen LogP contribution in [0.4, 0.5) is 5.69 Å². The fourth-order valence-corrected chi connectivity index (χ4v) is 2.84. The van der Waals surface area contributed by atoms with Gasteiger partial charge in [0.15, 0.2) is 5.84 Å². The predicted octanol–water partition coefficient (Wildman–Crippen LogP) is 3.15. The molecule has 7 heteroatoms. The Bertz CT molecular complexity index is 716. The Morgan fingerprint density at radius 3 is 2.67 bits per heavy atom. The van der Waals surface area contributed by atoms with Gasteiger partial charge in [-0.05, 0) is 25.1 Å². The van der Waals surface area contributed by atoms with Gasteiger partial charge in [0.1, 0.15) is 0 Å². The van der Waals surface area contributed by atoms with Crippen molar-refractivity contribution in [2.75, 3.05) is 0 Å². The number of amidine groups is 1. The molecule has 0 saturated carbocycles. The summed E-state index contributed by atoms with van der Waals surface area (Å²) in [4.78, 5) is 11.8. The quantitative estimate of drug-likeness (QED) is 0.297. The smallest absolute Gasteiger partial charge is 0.283 e. The number of aryl methyl sites for hydroxylation is 1. The van der Waals surface area contributed by atoms with Crippen LogP contribution in [0.25, 0.3) is 0 Å². The highest BCUT2D eigenvalue weighted by Gasteiger charge is 2.16. The lowest BCUT2D eigenvalue weighted by molar-refractivity contribution is -0.387. The normalized spacial score (nSPS) is 11.4. The van der Waals surface area contributed by atoms with Crippen molar-refractivity contribution >= 4 is 23.3 Å². The molecule has 2 aromatic rings. The molecule has 2 rings (SSSR count). The number of nitrogens with zero attached hydrogens (tertiary/aromatic N) is 2. The summed E-state index contributed by atoms with van der Waals surface area (Å²) < 4.78 is 0. The van der Waals surface area contributed by atoms with Crippen molar-refractivity contribution in [2.24, 2.45) is 10.9 Å². The van der Waals surface area contributed by atoms with Gasteiger partial charge in [-0.2, -0.15) is 0 Å². The summed E-state index contributed by atoms with van der Waals surface area (Å²) in [5.74, 6) is -0.0280. The van der Waals surface area contributed by atoms with E-state index in [9.17, 15) is 10.1 Å². The monoisotopic (exact) mass is 303 g/mol. The van der Waals surface area contributed by atoms with Crippen LogP contribution in [-0.4, -0.2) is 16.0 Å². The Morgan fingerprint density at radius 2 is 2.00 bits per heavy atom. The van der Waals surface area contributed by atoms with Crippen LogP contribution in [-0.2, 0) is 0 Å². The molecule has 0 bridgehead atoms. The third-order valence-electron chi connectivity index (χ3n) is 2.80. The predicted molar refractivity (Wildman–Crippen MR) is 80.9 cm³/mol. The molecule has 0 aliphatic heterocycles. The number of hydrogen-bond donors (Lipinski definition) is 2. The van der Waals surface area contributed by atoms with Crippen LogP contribution >= 0.6 is 11.8 Å². The number of oxime groups is 1. The summed E-state index contributed by atoms with van der Waals surface area (Å²) in [7, 11) is 0. The van der Waals surface area contributed by atoms with Gasteiger partial charge in [0.25, 0.3) is 5.69 Å². The Hall–Kier alpha value is -2.54. The first kappa shape index (κ1) is 14.9. The first-order valence-electron chi connectivity index (χ1n) is 6.02. The van der Waals surface area contributed by atoms with Gasteiger partial charge in [-0.25, -0.2) is 0 Å². The molecule has 6 nitrogen and oxygen atoms in total. The minimum atomic E-state index is -0.431. The molecule has 21 heavy (non-hydrogen) atoms. The minimum Gasteiger partial charge on any atom is -0.409 e. The molecule has 2 aromatic carbocycles. The Morgan fingerprint density at radius 1 is 1.29 bits per heavy atom. The number of nitro benzene ring substituents is 1. The standard InChI is InChI=1S/C14H13N3O3S/c1-9-6-7-12(10(8-9)14(15)16-18)21-13-5-3-2-4-11(13)17(19)20/h2-8,18H,1H3,(H2,15,16). The molecule has 3 N–H and O–H groups in total. The van der Waals surface area contributed by atoms with Gasteiger partial charge >= 0.3 is 0 Å². The highest BCUT2D eigenvalue weighted by molar-refractivity contribution is 7.99. The van der Waals surface area contributed by atoms with E-state index in [-0.39, 0.29) is 11.5 Å². The van der Waals surface area contributed by atoms with Crippen molar-refractivity contribution in [2.45, 2.75) is 16.7 Å². The molecule has 0 unspecified atom stereocenters. The van der Waals surface area contributed by atoms with Gasteiger partial charge in [-0.15, -0.1) is 0 Å². The van der Waals surface area contributed by atoms with E-state index in [1.807, 2.05) is 13.0 Å². The summed E-state index contributed by atoms with van der Waals surface area (Å²) in [6.07, 6.45) is 0. The molecule has 0 heterocycles. The van der Waals surface area contributed by atoms with Crippen molar-refractivity contribution in [3.63, 3.8) is 0 Å². The maximum absolute atomic E-state index is 11.0. The lowest BCUT2D eigenvalue weighted by Gasteiger charge is -2.09. The SMILES string of the molecule is Cc1ccc(Sc2ccccc2[N+](=O)[O-])c(/C(N)=N/O)c1. The number of nitro groups is 1. The van der Waals surface area contributed by atoms with Crippen LogP contribution in [0, 0.1) is 17.0 Å². The van der Waals surface area contributed by atoms with E-state index in [4.69, 9.17) is 10.9 Å².